The third-order valence-electron chi connectivity index (χ3n) is 7.32. The van der Waals surface area contributed by atoms with Gasteiger partial charge in [0, 0.05) is 18.7 Å². The molecule has 210 valence electrons. The first-order valence-corrected chi connectivity index (χ1v) is 12.4. The van der Waals surface area contributed by atoms with Crippen molar-refractivity contribution < 1.29 is 32.6 Å². The molecule has 4 aromatic rings. The fourth-order valence-electron chi connectivity index (χ4n) is 4.72. The maximum absolute atomic E-state index is 13.3. The van der Waals surface area contributed by atoms with Crippen LogP contribution in [0.15, 0.2) is 65.8 Å². The molecule has 5 rings (SSSR count). The van der Waals surface area contributed by atoms with E-state index in [1.807, 2.05) is 0 Å². The van der Waals surface area contributed by atoms with Gasteiger partial charge in [0.05, 0.1) is 24.0 Å². The number of rotatable bonds is 5. The van der Waals surface area contributed by atoms with E-state index in [2.05, 4.69) is 10.1 Å². The van der Waals surface area contributed by atoms with E-state index < -0.39 is 34.7 Å². The number of alkyl halides is 3. The van der Waals surface area contributed by atoms with Gasteiger partial charge in [0.2, 0.25) is 0 Å². The van der Waals surface area contributed by atoms with Crippen LogP contribution in [0.25, 0.3) is 16.7 Å². The van der Waals surface area contributed by atoms with Gasteiger partial charge < -0.3 is 15.1 Å². The second-order valence-corrected chi connectivity index (χ2v) is 10.1. The normalized spacial score (nSPS) is 17.1. The lowest BCUT2D eigenvalue weighted by atomic mass is 9.90. The summed E-state index contributed by atoms with van der Waals surface area (Å²) < 4.78 is 55.2. The molecule has 9 nitrogen and oxygen atoms in total. The summed E-state index contributed by atoms with van der Waals surface area (Å²) in [5.74, 6) is -0.835. The number of amides is 1. The number of carbonyl (C=O) groups excluding carboxylic acids is 1. The van der Waals surface area contributed by atoms with Crippen LogP contribution in [0, 0.1) is 5.82 Å². The maximum atomic E-state index is 13.3. The van der Waals surface area contributed by atoms with Gasteiger partial charge in [-0.2, -0.15) is 18.3 Å². The Morgan fingerprint density at radius 1 is 1.05 bits per heavy atom. The molecular weight excluding hydrogens is 534 g/mol. The van der Waals surface area contributed by atoms with Crippen molar-refractivity contribution in [3.63, 3.8) is 0 Å². The molecule has 13 heteroatoms. The Morgan fingerprint density at radius 3 is 2.27 bits per heavy atom. The minimum Gasteiger partial charge on any atom is -0.388 e. The van der Waals surface area contributed by atoms with Gasteiger partial charge in [-0.3, -0.25) is 14.2 Å². The van der Waals surface area contributed by atoms with Crippen LogP contribution in [-0.2, 0) is 12.1 Å². The molecule has 0 spiro atoms. The molecule has 0 unspecified atom stereocenters. The maximum Gasteiger partial charge on any atom is 0.421 e. The van der Waals surface area contributed by atoms with Crippen LogP contribution in [-0.4, -0.2) is 65.2 Å². The molecule has 1 amide bonds. The van der Waals surface area contributed by atoms with Crippen LogP contribution in [0.5, 0.6) is 0 Å². The van der Waals surface area contributed by atoms with E-state index in [1.54, 1.807) is 0 Å². The Hall–Kier alpha value is -4.10. The molecule has 2 aromatic heterocycles. The summed E-state index contributed by atoms with van der Waals surface area (Å²) >= 11 is 0. The Balaban J connectivity index is 1.26. The highest BCUT2D eigenvalue weighted by molar-refractivity contribution is 5.94. The highest BCUT2D eigenvalue weighted by Crippen LogP contribution is 2.38. The number of aromatic nitrogens is 4. The summed E-state index contributed by atoms with van der Waals surface area (Å²) in [5.41, 5.74) is -4.20. The number of halogens is 4. The molecule has 1 saturated heterocycles. The molecule has 1 fully saturated rings. The third kappa shape index (κ3) is 4.97. The number of carbonyl (C=O) groups is 1. The topological polar surface area (TPSA) is 113 Å². The number of hydrogen-bond acceptors (Lipinski definition) is 6. The van der Waals surface area contributed by atoms with E-state index in [1.165, 1.54) is 63.1 Å². The van der Waals surface area contributed by atoms with E-state index in [-0.39, 0.29) is 54.6 Å². The van der Waals surface area contributed by atoms with Crippen LogP contribution in [0.3, 0.4) is 0 Å². The zero-order valence-electron chi connectivity index (χ0n) is 21.3. The van der Waals surface area contributed by atoms with Crippen LogP contribution < -0.4 is 5.56 Å². The van der Waals surface area contributed by atoms with Crippen LogP contribution in [0.4, 0.5) is 17.6 Å². The fourth-order valence-corrected chi connectivity index (χ4v) is 4.72. The Labute approximate surface area is 224 Å². The minimum atomic E-state index is -4.87. The first-order valence-electron chi connectivity index (χ1n) is 12.4. The van der Waals surface area contributed by atoms with Crippen molar-refractivity contribution in [3.05, 3.63) is 88.4 Å². The van der Waals surface area contributed by atoms with Crippen molar-refractivity contribution in [1.82, 2.24) is 24.2 Å². The van der Waals surface area contributed by atoms with Crippen molar-refractivity contribution in [1.29, 1.82) is 0 Å². The van der Waals surface area contributed by atoms with E-state index in [4.69, 9.17) is 0 Å². The molecule has 0 bridgehead atoms. The summed E-state index contributed by atoms with van der Waals surface area (Å²) in [6.45, 7) is 0.889. The summed E-state index contributed by atoms with van der Waals surface area (Å²) in [7, 11) is 0. The van der Waals surface area contributed by atoms with E-state index in [0.717, 1.165) is 12.1 Å². The predicted molar refractivity (Wildman–Crippen MR) is 135 cm³/mol. The van der Waals surface area contributed by atoms with Gasteiger partial charge >= 0.3 is 6.18 Å². The smallest absolute Gasteiger partial charge is 0.388 e. The van der Waals surface area contributed by atoms with Crippen molar-refractivity contribution in [2.24, 2.45) is 0 Å². The Kier molecular flexibility index (Phi) is 6.74. The van der Waals surface area contributed by atoms with Crippen molar-refractivity contribution >= 4 is 16.9 Å². The van der Waals surface area contributed by atoms with Gasteiger partial charge in [-0.05, 0) is 61.7 Å². The Bertz CT molecular complexity index is 1600. The molecule has 1 aliphatic heterocycles. The summed E-state index contributed by atoms with van der Waals surface area (Å²) in [6.07, 6.45) is -1.91. The van der Waals surface area contributed by atoms with E-state index in [9.17, 15) is 37.4 Å². The van der Waals surface area contributed by atoms with Gasteiger partial charge in [-0.15, -0.1) is 0 Å². The number of likely N-dealkylation sites (tertiary alicyclic amines) is 1. The summed E-state index contributed by atoms with van der Waals surface area (Å²) in [6, 6.07) is 10.1. The standard InChI is InChI=1S/C27H25F4N5O4/c1-25(39,27(29,30)31)18-4-2-17(3-5-18)23(37)34-12-10-26(40,11-13-34)15-35-16-32-22-21(24(35)38)14-33-36(22)20-8-6-19(28)7-9-20/h2-9,14,16,39-40H,10-13,15H2,1H3/t25-/m1/s1. The second-order valence-electron chi connectivity index (χ2n) is 10.1. The van der Waals surface area contributed by atoms with Crippen LogP contribution in [0.2, 0.25) is 0 Å². The van der Waals surface area contributed by atoms with Gasteiger partial charge in [0.1, 0.15) is 17.5 Å². The van der Waals surface area contributed by atoms with Crippen molar-refractivity contribution in [2.45, 2.75) is 43.7 Å². The van der Waals surface area contributed by atoms with Crippen LogP contribution in [0.1, 0.15) is 35.7 Å². The zero-order chi connectivity index (χ0) is 28.9. The number of hydrogen-bond donors (Lipinski definition) is 2. The van der Waals surface area contributed by atoms with Crippen molar-refractivity contribution in [2.75, 3.05) is 13.1 Å². The SMILES string of the molecule is C[C@@](O)(c1ccc(C(=O)N2CCC(O)(Cn3cnc4c(cnn4-c4ccc(F)cc4)c3=O)CC2)cc1)C(F)(F)F. The lowest BCUT2D eigenvalue weighted by molar-refractivity contribution is -0.258. The molecule has 1 aliphatic rings. The molecule has 3 heterocycles. The number of benzene rings is 2. The molecule has 0 saturated carbocycles. The highest BCUT2D eigenvalue weighted by Gasteiger charge is 2.51. The van der Waals surface area contributed by atoms with E-state index in [0.29, 0.717) is 12.6 Å². The zero-order valence-corrected chi connectivity index (χ0v) is 21.3. The largest absolute Gasteiger partial charge is 0.421 e. The molecule has 2 N–H and O–H groups in total. The molecule has 2 aromatic carbocycles. The predicted octanol–water partition coefficient (Wildman–Crippen LogP) is 3.16. The lowest BCUT2D eigenvalue weighted by Crippen LogP contribution is -2.49. The Morgan fingerprint density at radius 2 is 1.68 bits per heavy atom. The van der Waals surface area contributed by atoms with Gasteiger partial charge in [0.25, 0.3) is 11.5 Å². The molecule has 40 heavy (non-hydrogen) atoms. The quantitative estimate of drug-likeness (QED) is 0.364. The number of fused-ring (bicyclic) bond motifs is 1. The average Bonchev–Trinajstić information content (AvgIpc) is 3.35. The van der Waals surface area contributed by atoms with Gasteiger partial charge in [-0.1, -0.05) is 12.1 Å². The lowest BCUT2D eigenvalue weighted by Gasteiger charge is -2.38. The van der Waals surface area contributed by atoms with Gasteiger partial charge in [-0.25, -0.2) is 14.1 Å². The second kappa shape index (κ2) is 9.82. The molecular formula is C27H25F4N5O4. The number of aliphatic hydroxyl groups is 2. The first-order chi connectivity index (χ1) is 18.8. The highest BCUT2D eigenvalue weighted by atomic mass is 19.4. The summed E-state index contributed by atoms with van der Waals surface area (Å²) in [5, 5.41) is 25.4. The molecule has 0 radical (unpaired) electrons. The minimum absolute atomic E-state index is 0.0697. The van der Waals surface area contributed by atoms with Crippen LogP contribution >= 0.6 is 0 Å². The van der Waals surface area contributed by atoms with Gasteiger partial charge in [0.15, 0.2) is 11.2 Å². The molecule has 0 aliphatic carbocycles. The van der Waals surface area contributed by atoms with E-state index >= 15 is 0 Å². The number of piperidine rings is 1. The first kappa shape index (κ1) is 27.5. The molecule has 1 atom stereocenters. The fraction of sp³-hybridized carbons (Fsp3) is 0.333. The summed E-state index contributed by atoms with van der Waals surface area (Å²) in [4.78, 5) is 31.8. The average molecular weight is 560 g/mol. The number of nitrogens with zero attached hydrogens (tertiary/aromatic N) is 5. The monoisotopic (exact) mass is 559 g/mol. The van der Waals surface area contributed by atoms with Crippen molar-refractivity contribution in [3.8, 4) is 5.69 Å². The third-order valence-corrected chi connectivity index (χ3v) is 7.32.